The van der Waals surface area contributed by atoms with Crippen molar-refractivity contribution in [3.63, 3.8) is 0 Å². The molecule has 17 heavy (non-hydrogen) atoms. The molecule has 0 aromatic rings. The van der Waals surface area contributed by atoms with Crippen LogP contribution in [0.2, 0.25) is 0 Å². The Morgan fingerprint density at radius 3 is 2.41 bits per heavy atom. The largest absolute Gasteiger partial charge is 0.377 e. The van der Waals surface area contributed by atoms with Crippen LogP contribution in [0.3, 0.4) is 0 Å². The van der Waals surface area contributed by atoms with E-state index in [0.717, 1.165) is 19.1 Å². The van der Waals surface area contributed by atoms with Crippen LogP contribution in [0.1, 0.15) is 60.3 Å². The Balaban J connectivity index is 2.33. The number of hydrogen-bond donors (Lipinski definition) is 1. The van der Waals surface area contributed by atoms with Crippen molar-refractivity contribution in [1.82, 2.24) is 5.32 Å². The van der Waals surface area contributed by atoms with Gasteiger partial charge in [-0.1, -0.05) is 33.6 Å². The maximum absolute atomic E-state index is 5.59. The Morgan fingerprint density at radius 2 is 1.82 bits per heavy atom. The zero-order valence-corrected chi connectivity index (χ0v) is 12.4. The van der Waals surface area contributed by atoms with E-state index in [-0.39, 0.29) is 0 Å². The van der Waals surface area contributed by atoms with Gasteiger partial charge in [-0.05, 0) is 38.0 Å². The summed E-state index contributed by atoms with van der Waals surface area (Å²) >= 11 is 0. The van der Waals surface area contributed by atoms with Gasteiger partial charge in [0.05, 0.1) is 12.7 Å². The van der Waals surface area contributed by atoms with Crippen LogP contribution < -0.4 is 5.32 Å². The first kappa shape index (κ1) is 15.0. The highest BCUT2D eigenvalue weighted by molar-refractivity contribution is 4.88. The van der Waals surface area contributed by atoms with Crippen molar-refractivity contribution in [3.05, 3.63) is 0 Å². The Morgan fingerprint density at radius 1 is 1.18 bits per heavy atom. The Hall–Kier alpha value is -0.0800. The SMILES string of the molecule is CC(C)OCCNC1CCCCC1C(C)(C)C. The molecular formula is C15H31NO. The van der Waals surface area contributed by atoms with Crippen LogP contribution >= 0.6 is 0 Å². The van der Waals surface area contributed by atoms with Gasteiger partial charge in [0.1, 0.15) is 0 Å². The van der Waals surface area contributed by atoms with Crippen LogP contribution in [0.4, 0.5) is 0 Å². The Labute approximate surface area is 108 Å². The van der Waals surface area contributed by atoms with Crippen molar-refractivity contribution >= 4 is 0 Å². The van der Waals surface area contributed by atoms with Gasteiger partial charge in [-0.2, -0.15) is 0 Å². The van der Waals surface area contributed by atoms with E-state index in [1.807, 2.05) is 0 Å². The molecule has 1 N–H and O–H groups in total. The highest BCUT2D eigenvalue weighted by atomic mass is 16.5. The summed E-state index contributed by atoms with van der Waals surface area (Å²) in [6, 6.07) is 0.694. The second kappa shape index (κ2) is 6.75. The minimum Gasteiger partial charge on any atom is -0.377 e. The summed E-state index contributed by atoms with van der Waals surface area (Å²) in [5.74, 6) is 0.815. The van der Waals surface area contributed by atoms with Crippen molar-refractivity contribution in [1.29, 1.82) is 0 Å². The molecule has 0 aliphatic heterocycles. The van der Waals surface area contributed by atoms with Gasteiger partial charge in [-0.3, -0.25) is 0 Å². The normalized spacial score (nSPS) is 26.5. The Bertz CT molecular complexity index is 207. The van der Waals surface area contributed by atoms with E-state index in [0.29, 0.717) is 17.6 Å². The lowest BCUT2D eigenvalue weighted by Gasteiger charge is -2.41. The molecule has 0 bridgehead atoms. The van der Waals surface area contributed by atoms with Gasteiger partial charge in [0.15, 0.2) is 0 Å². The molecule has 1 fully saturated rings. The smallest absolute Gasteiger partial charge is 0.0594 e. The first-order valence-corrected chi connectivity index (χ1v) is 7.26. The first-order chi connectivity index (χ1) is 7.91. The number of hydrogen-bond acceptors (Lipinski definition) is 2. The summed E-state index contributed by atoms with van der Waals surface area (Å²) in [6.45, 7) is 13.2. The highest BCUT2D eigenvalue weighted by Crippen LogP contribution is 2.37. The van der Waals surface area contributed by atoms with Crippen molar-refractivity contribution < 1.29 is 4.74 Å². The number of rotatable bonds is 5. The summed E-state index contributed by atoms with van der Waals surface area (Å²) in [4.78, 5) is 0. The minimum atomic E-state index is 0.349. The molecule has 1 rings (SSSR count). The van der Waals surface area contributed by atoms with E-state index in [1.54, 1.807) is 0 Å². The fraction of sp³-hybridized carbons (Fsp3) is 1.00. The van der Waals surface area contributed by atoms with E-state index in [4.69, 9.17) is 4.74 Å². The molecule has 1 aliphatic carbocycles. The summed E-state index contributed by atoms with van der Waals surface area (Å²) in [6.07, 6.45) is 5.86. The molecule has 2 heteroatoms. The van der Waals surface area contributed by atoms with Crippen molar-refractivity contribution in [2.75, 3.05) is 13.2 Å². The molecule has 2 atom stereocenters. The van der Waals surface area contributed by atoms with Gasteiger partial charge in [0.2, 0.25) is 0 Å². The third-order valence-electron chi connectivity index (χ3n) is 3.84. The number of nitrogens with one attached hydrogen (secondary N) is 1. The standard InChI is InChI=1S/C15H31NO/c1-12(2)17-11-10-16-14-9-7-6-8-13(14)15(3,4)5/h12-14,16H,6-11H2,1-5H3. The molecule has 0 aromatic heterocycles. The third-order valence-corrected chi connectivity index (χ3v) is 3.84. The molecule has 2 nitrogen and oxygen atoms in total. The number of ether oxygens (including phenoxy) is 1. The fourth-order valence-corrected chi connectivity index (χ4v) is 2.95. The molecule has 0 spiro atoms. The van der Waals surface area contributed by atoms with Crippen molar-refractivity contribution in [2.45, 2.75) is 72.4 Å². The second-order valence-electron chi connectivity index (χ2n) is 6.74. The highest BCUT2D eigenvalue weighted by Gasteiger charge is 2.33. The van der Waals surface area contributed by atoms with Crippen LogP contribution in [-0.4, -0.2) is 25.3 Å². The van der Waals surface area contributed by atoms with Crippen LogP contribution in [-0.2, 0) is 4.74 Å². The molecule has 0 amide bonds. The lowest BCUT2D eigenvalue weighted by molar-refractivity contribution is 0.0699. The van der Waals surface area contributed by atoms with Gasteiger partial charge < -0.3 is 10.1 Å². The molecule has 1 saturated carbocycles. The van der Waals surface area contributed by atoms with E-state index < -0.39 is 0 Å². The van der Waals surface area contributed by atoms with Crippen LogP contribution in [0.5, 0.6) is 0 Å². The molecule has 0 heterocycles. The first-order valence-electron chi connectivity index (χ1n) is 7.26. The summed E-state index contributed by atoms with van der Waals surface area (Å²) < 4.78 is 5.59. The minimum absolute atomic E-state index is 0.349. The van der Waals surface area contributed by atoms with Crippen molar-refractivity contribution in [3.8, 4) is 0 Å². The summed E-state index contributed by atoms with van der Waals surface area (Å²) in [7, 11) is 0. The molecule has 0 saturated heterocycles. The maximum atomic E-state index is 5.59. The van der Waals surface area contributed by atoms with Gasteiger partial charge in [0.25, 0.3) is 0 Å². The molecule has 0 aromatic carbocycles. The monoisotopic (exact) mass is 241 g/mol. The molecule has 2 unspecified atom stereocenters. The van der Waals surface area contributed by atoms with Gasteiger partial charge in [0, 0.05) is 12.6 Å². The van der Waals surface area contributed by atoms with Crippen LogP contribution in [0, 0.1) is 11.3 Å². The predicted octanol–water partition coefficient (Wildman–Crippen LogP) is 3.61. The van der Waals surface area contributed by atoms with Crippen molar-refractivity contribution in [2.24, 2.45) is 11.3 Å². The van der Waals surface area contributed by atoms with E-state index in [1.165, 1.54) is 25.7 Å². The molecular weight excluding hydrogens is 210 g/mol. The Kier molecular flexibility index (Phi) is 5.94. The summed E-state index contributed by atoms with van der Waals surface area (Å²) in [5, 5.41) is 3.71. The van der Waals surface area contributed by atoms with E-state index in [2.05, 4.69) is 39.9 Å². The lowest BCUT2D eigenvalue weighted by Crippen LogP contribution is -2.45. The lowest BCUT2D eigenvalue weighted by atomic mass is 9.69. The summed E-state index contributed by atoms with van der Waals surface area (Å²) in [5.41, 5.74) is 0.428. The van der Waals surface area contributed by atoms with Gasteiger partial charge in [-0.25, -0.2) is 0 Å². The predicted molar refractivity (Wildman–Crippen MR) is 74.3 cm³/mol. The third kappa shape index (κ3) is 5.39. The molecule has 102 valence electrons. The zero-order chi connectivity index (χ0) is 12.9. The fourth-order valence-electron chi connectivity index (χ4n) is 2.95. The average molecular weight is 241 g/mol. The molecule has 0 radical (unpaired) electrons. The van der Waals surface area contributed by atoms with E-state index >= 15 is 0 Å². The maximum Gasteiger partial charge on any atom is 0.0594 e. The van der Waals surface area contributed by atoms with Crippen LogP contribution in [0.25, 0.3) is 0 Å². The second-order valence-corrected chi connectivity index (χ2v) is 6.74. The average Bonchev–Trinajstić information content (AvgIpc) is 2.23. The van der Waals surface area contributed by atoms with Gasteiger partial charge >= 0.3 is 0 Å². The zero-order valence-electron chi connectivity index (χ0n) is 12.4. The quantitative estimate of drug-likeness (QED) is 0.743. The van der Waals surface area contributed by atoms with Crippen LogP contribution in [0.15, 0.2) is 0 Å². The topological polar surface area (TPSA) is 21.3 Å². The molecule has 1 aliphatic rings. The van der Waals surface area contributed by atoms with E-state index in [9.17, 15) is 0 Å². The van der Waals surface area contributed by atoms with Gasteiger partial charge in [-0.15, -0.1) is 0 Å².